The van der Waals surface area contributed by atoms with Crippen LogP contribution in [0.1, 0.15) is 26.3 Å². The summed E-state index contributed by atoms with van der Waals surface area (Å²) in [5.74, 6) is 1.11. The predicted octanol–water partition coefficient (Wildman–Crippen LogP) is 2.36. The van der Waals surface area contributed by atoms with Gasteiger partial charge in [0.25, 0.3) is 0 Å². The highest BCUT2D eigenvalue weighted by Gasteiger charge is 2.25. The van der Waals surface area contributed by atoms with E-state index >= 15 is 0 Å². The van der Waals surface area contributed by atoms with Gasteiger partial charge in [0.15, 0.2) is 0 Å². The molecule has 7 nitrogen and oxygen atoms in total. The fourth-order valence-corrected chi connectivity index (χ4v) is 2.60. The van der Waals surface area contributed by atoms with E-state index < -0.39 is 5.41 Å². The van der Waals surface area contributed by atoms with Gasteiger partial charge in [-0.05, 0) is 37.6 Å². The standard InChI is InChI=1S/C17H18N6O/c1-12(24)22(15-8-9-19-16-20-11-21-23(15)16)14-6-4-13(5-7-14)17(2,3)10-18/h4-8,11H,9H2,1-3H3,(H,19,20,21). The lowest BCUT2D eigenvalue weighted by molar-refractivity contribution is -0.115. The van der Waals surface area contributed by atoms with Gasteiger partial charge in [-0.3, -0.25) is 9.69 Å². The number of amides is 1. The molecule has 0 unspecified atom stereocenters. The summed E-state index contributed by atoms with van der Waals surface area (Å²) in [5.41, 5.74) is 1.04. The topological polar surface area (TPSA) is 86.8 Å². The van der Waals surface area contributed by atoms with Crippen molar-refractivity contribution >= 4 is 23.4 Å². The number of fused-ring (bicyclic) bond motifs is 1. The molecular formula is C17H18N6O. The molecule has 7 heteroatoms. The van der Waals surface area contributed by atoms with Crippen molar-refractivity contribution in [2.75, 3.05) is 16.8 Å². The average molecular weight is 322 g/mol. The van der Waals surface area contributed by atoms with Crippen molar-refractivity contribution in [3.05, 3.63) is 42.2 Å². The van der Waals surface area contributed by atoms with E-state index in [4.69, 9.17) is 0 Å². The lowest BCUT2D eigenvalue weighted by Crippen LogP contribution is -2.33. The van der Waals surface area contributed by atoms with Crippen LogP contribution in [0.2, 0.25) is 0 Å². The van der Waals surface area contributed by atoms with Gasteiger partial charge in [-0.25, -0.2) is 0 Å². The largest absolute Gasteiger partial charge is 0.350 e. The Kier molecular flexibility index (Phi) is 3.81. The maximum atomic E-state index is 12.3. The molecule has 1 aliphatic rings. The highest BCUT2D eigenvalue weighted by atomic mass is 16.2. The van der Waals surface area contributed by atoms with E-state index in [9.17, 15) is 10.1 Å². The summed E-state index contributed by atoms with van der Waals surface area (Å²) in [4.78, 5) is 18.0. The Morgan fingerprint density at radius 2 is 2.08 bits per heavy atom. The first-order valence-electron chi connectivity index (χ1n) is 7.61. The van der Waals surface area contributed by atoms with Crippen LogP contribution in [-0.2, 0) is 10.2 Å². The third-order valence-electron chi connectivity index (χ3n) is 3.98. The molecule has 2 aromatic rings. The number of anilines is 2. The summed E-state index contributed by atoms with van der Waals surface area (Å²) < 4.78 is 1.60. The first-order valence-corrected chi connectivity index (χ1v) is 7.61. The second-order valence-electron chi connectivity index (χ2n) is 6.08. The molecule has 0 fully saturated rings. The fraction of sp³-hybridized carbons (Fsp3) is 0.294. The van der Waals surface area contributed by atoms with Crippen molar-refractivity contribution in [2.24, 2.45) is 0 Å². The number of nitrogens with zero attached hydrogens (tertiary/aromatic N) is 5. The van der Waals surface area contributed by atoms with Gasteiger partial charge in [-0.2, -0.15) is 20.0 Å². The van der Waals surface area contributed by atoms with Gasteiger partial charge in [0.05, 0.1) is 17.2 Å². The number of rotatable bonds is 3. The minimum atomic E-state index is -0.577. The molecule has 0 aliphatic carbocycles. The van der Waals surface area contributed by atoms with E-state index in [1.807, 2.05) is 44.2 Å². The maximum absolute atomic E-state index is 12.3. The minimum Gasteiger partial charge on any atom is -0.350 e. The zero-order valence-corrected chi connectivity index (χ0v) is 13.8. The highest BCUT2D eigenvalue weighted by Crippen LogP contribution is 2.29. The van der Waals surface area contributed by atoms with Crippen LogP contribution in [0.5, 0.6) is 0 Å². The van der Waals surface area contributed by atoms with Gasteiger partial charge in [-0.1, -0.05) is 12.1 Å². The average Bonchev–Trinajstić information content (AvgIpc) is 3.05. The van der Waals surface area contributed by atoms with Crippen LogP contribution in [0.15, 0.2) is 36.7 Å². The Balaban J connectivity index is 2.01. The Labute approximate surface area is 140 Å². The smallest absolute Gasteiger partial charge is 0.229 e. The Morgan fingerprint density at radius 3 is 2.71 bits per heavy atom. The first-order chi connectivity index (χ1) is 11.4. The lowest BCUT2D eigenvalue weighted by Gasteiger charge is -2.27. The first kappa shape index (κ1) is 15.7. The highest BCUT2D eigenvalue weighted by molar-refractivity contribution is 6.01. The minimum absolute atomic E-state index is 0.128. The van der Waals surface area contributed by atoms with Crippen LogP contribution >= 0.6 is 0 Å². The molecule has 1 amide bonds. The van der Waals surface area contributed by atoms with Crippen molar-refractivity contribution < 1.29 is 4.79 Å². The van der Waals surface area contributed by atoms with Gasteiger partial charge in [0.1, 0.15) is 12.1 Å². The predicted molar refractivity (Wildman–Crippen MR) is 91.0 cm³/mol. The normalized spacial score (nSPS) is 13.3. The number of nitriles is 1. The SMILES string of the molecule is CC(=O)N(C1=CCNc2ncnn21)c1ccc(C(C)(C)C#N)cc1. The second-order valence-corrected chi connectivity index (χ2v) is 6.08. The molecule has 1 aromatic heterocycles. The van der Waals surface area contributed by atoms with Gasteiger partial charge < -0.3 is 5.32 Å². The van der Waals surface area contributed by atoms with Crippen molar-refractivity contribution in [2.45, 2.75) is 26.2 Å². The number of benzene rings is 1. The molecule has 0 saturated heterocycles. The molecule has 2 heterocycles. The van der Waals surface area contributed by atoms with E-state index in [2.05, 4.69) is 21.5 Å². The lowest BCUT2D eigenvalue weighted by atomic mass is 9.86. The van der Waals surface area contributed by atoms with Crippen LogP contribution < -0.4 is 10.2 Å². The maximum Gasteiger partial charge on any atom is 0.229 e. The number of carbonyl (C=O) groups is 1. The number of carbonyl (C=O) groups excluding carboxylic acids is 1. The molecule has 0 radical (unpaired) electrons. The van der Waals surface area contributed by atoms with Crippen LogP contribution in [0.3, 0.4) is 0 Å². The third kappa shape index (κ3) is 2.63. The summed E-state index contributed by atoms with van der Waals surface area (Å²) >= 11 is 0. The van der Waals surface area contributed by atoms with Crippen molar-refractivity contribution in [3.63, 3.8) is 0 Å². The molecule has 122 valence electrons. The van der Waals surface area contributed by atoms with Crippen molar-refractivity contribution in [1.29, 1.82) is 5.26 Å². The summed E-state index contributed by atoms with van der Waals surface area (Å²) in [6.07, 6.45) is 3.33. The van der Waals surface area contributed by atoms with Gasteiger partial charge >= 0.3 is 0 Å². The molecular weight excluding hydrogens is 304 g/mol. The molecule has 1 aliphatic heterocycles. The monoisotopic (exact) mass is 322 g/mol. The van der Waals surface area contributed by atoms with Gasteiger partial charge in [0, 0.05) is 13.5 Å². The Morgan fingerprint density at radius 1 is 1.38 bits per heavy atom. The summed E-state index contributed by atoms with van der Waals surface area (Å²) in [5, 5.41) is 16.5. The Hall–Kier alpha value is -3.14. The molecule has 0 saturated carbocycles. The summed E-state index contributed by atoms with van der Waals surface area (Å²) in [7, 11) is 0. The summed E-state index contributed by atoms with van der Waals surface area (Å²) in [6.45, 7) is 5.80. The van der Waals surface area contributed by atoms with Crippen molar-refractivity contribution in [3.8, 4) is 6.07 Å². The second kappa shape index (κ2) is 5.81. The van der Waals surface area contributed by atoms with Gasteiger partial charge in [0.2, 0.25) is 11.9 Å². The summed E-state index contributed by atoms with van der Waals surface area (Å²) in [6, 6.07) is 9.71. The van der Waals surface area contributed by atoms with E-state index in [0.29, 0.717) is 18.3 Å². The van der Waals surface area contributed by atoms with Gasteiger partial charge in [-0.15, -0.1) is 0 Å². The van der Waals surface area contributed by atoms with E-state index in [1.54, 1.807) is 9.58 Å². The fourth-order valence-electron chi connectivity index (χ4n) is 2.60. The number of nitrogens with one attached hydrogen (secondary N) is 1. The number of aromatic nitrogens is 3. The van der Waals surface area contributed by atoms with Crippen LogP contribution in [0.25, 0.3) is 5.82 Å². The third-order valence-corrected chi connectivity index (χ3v) is 3.98. The molecule has 24 heavy (non-hydrogen) atoms. The zero-order valence-electron chi connectivity index (χ0n) is 13.8. The van der Waals surface area contributed by atoms with Crippen LogP contribution in [-0.4, -0.2) is 27.2 Å². The quantitative estimate of drug-likeness (QED) is 0.937. The Bertz CT molecular complexity index is 841. The molecule has 1 aromatic carbocycles. The van der Waals surface area contributed by atoms with Crippen LogP contribution in [0.4, 0.5) is 11.6 Å². The number of hydrogen-bond acceptors (Lipinski definition) is 5. The van der Waals surface area contributed by atoms with E-state index in [0.717, 1.165) is 11.3 Å². The molecule has 3 rings (SSSR count). The molecule has 0 atom stereocenters. The van der Waals surface area contributed by atoms with Crippen molar-refractivity contribution in [1.82, 2.24) is 14.8 Å². The number of hydrogen-bond donors (Lipinski definition) is 1. The molecule has 0 bridgehead atoms. The van der Waals surface area contributed by atoms with Crippen LogP contribution in [0, 0.1) is 11.3 Å². The van der Waals surface area contributed by atoms with E-state index in [1.165, 1.54) is 13.3 Å². The van der Waals surface area contributed by atoms with E-state index in [-0.39, 0.29) is 5.91 Å². The molecule has 1 N–H and O–H groups in total. The molecule has 0 spiro atoms. The zero-order chi connectivity index (χ0) is 17.3.